The fourth-order valence-corrected chi connectivity index (χ4v) is 1.16. The van der Waals surface area contributed by atoms with E-state index < -0.39 is 5.97 Å². The molecule has 0 fully saturated rings. The number of aromatic nitrogens is 1. The van der Waals surface area contributed by atoms with Crippen molar-refractivity contribution in [3.05, 3.63) is 30.1 Å². The third kappa shape index (κ3) is 3.23. The van der Waals surface area contributed by atoms with Gasteiger partial charge in [-0.05, 0) is 24.5 Å². The molecule has 3 nitrogen and oxygen atoms in total. The second kappa shape index (κ2) is 4.60. The molecule has 0 aliphatic heterocycles. The molecule has 1 rings (SSSR count). The van der Waals surface area contributed by atoms with Crippen molar-refractivity contribution in [3.63, 3.8) is 0 Å². The number of nitrogens with zero attached hydrogens (tertiary/aromatic N) is 1. The zero-order valence-corrected chi connectivity index (χ0v) is 7.60. The summed E-state index contributed by atoms with van der Waals surface area (Å²) in [5, 5.41) is 8.49. The lowest BCUT2D eigenvalue weighted by Crippen LogP contribution is -2.01. The highest BCUT2D eigenvalue weighted by Gasteiger charge is 2.07. The first-order chi connectivity index (χ1) is 6.20. The average molecular weight is 179 g/mol. The van der Waals surface area contributed by atoms with Crippen LogP contribution in [-0.4, -0.2) is 16.1 Å². The predicted molar refractivity (Wildman–Crippen MR) is 49.5 cm³/mol. The topological polar surface area (TPSA) is 50.2 Å². The molecule has 0 spiro atoms. The van der Waals surface area contributed by atoms with Crippen molar-refractivity contribution in [2.24, 2.45) is 0 Å². The molecular formula is C10H13NO2. The first kappa shape index (κ1) is 9.71. The fraction of sp³-hybridized carbons (Fsp3) is 0.400. The van der Waals surface area contributed by atoms with Gasteiger partial charge in [0.15, 0.2) is 0 Å². The SMILES string of the molecule is CC(CCC(=O)O)c1ccccn1. The predicted octanol–water partition coefficient (Wildman–Crippen LogP) is 2.05. The number of hydrogen-bond acceptors (Lipinski definition) is 2. The summed E-state index contributed by atoms with van der Waals surface area (Å²) >= 11 is 0. The van der Waals surface area contributed by atoms with Crippen molar-refractivity contribution in [3.8, 4) is 0 Å². The summed E-state index contributed by atoms with van der Waals surface area (Å²) in [5.41, 5.74) is 0.962. The zero-order valence-electron chi connectivity index (χ0n) is 7.60. The molecule has 0 aliphatic rings. The summed E-state index contributed by atoms with van der Waals surface area (Å²) in [7, 11) is 0. The first-order valence-corrected chi connectivity index (χ1v) is 4.33. The quantitative estimate of drug-likeness (QED) is 0.769. The molecular weight excluding hydrogens is 166 g/mol. The first-order valence-electron chi connectivity index (χ1n) is 4.33. The molecule has 3 heteroatoms. The molecule has 0 aromatic carbocycles. The number of rotatable bonds is 4. The number of carboxylic acids is 1. The van der Waals surface area contributed by atoms with Gasteiger partial charge in [-0.1, -0.05) is 13.0 Å². The number of hydrogen-bond donors (Lipinski definition) is 1. The van der Waals surface area contributed by atoms with E-state index in [1.54, 1.807) is 6.20 Å². The molecule has 1 unspecified atom stereocenters. The Morgan fingerprint density at radius 3 is 2.92 bits per heavy atom. The second-order valence-corrected chi connectivity index (χ2v) is 3.09. The third-order valence-corrected chi connectivity index (χ3v) is 1.98. The lowest BCUT2D eigenvalue weighted by molar-refractivity contribution is -0.137. The smallest absolute Gasteiger partial charge is 0.303 e. The maximum Gasteiger partial charge on any atom is 0.303 e. The maximum absolute atomic E-state index is 10.3. The van der Waals surface area contributed by atoms with E-state index in [9.17, 15) is 4.79 Å². The molecule has 1 atom stereocenters. The molecule has 1 N–H and O–H groups in total. The molecule has 0 saturated carbocycles. The van der Waals surface area contributed by atoms with Crippen LogP contribution in [0.25, 0.3) is 0 Å². The van der Waals surface area contributed by atoms with E-state index >= 15 is 0 Å². The second-order valence-electron chi connectivity index (χ2n) is 3.09. The highest BCUT2D eigenvalue weighted by Crippen LogP contribution is 2.17. The molecule has 0 radical (unpaired) electrons. The average Bonchev–Trinajstić information content (AvgIpc) is 2.15. The van der Waals surface area contributed by atoms with Crippen molar-refractivity contribution in [1.29, 1.82) is 0 Å². The standard InChI is InChI=1S/C10H13NO2/c1-8(5-6-10(12)13)9-4-2-3-7-11-9/h2-4,7-8H,5-6H2,1H3,(H,12,13). The van der Waals surface area contributed by atoms with Crippen molar-refractivity contribution >= 4 is 5.97 Å². The van der Waals surface area contributed by atoms with Crippen LogP contribution in [-0.2, 0) is 4.79 Å². The van der Waals surface area contributed by atoms with Crippen LogP contribution < -0.4 is 0 Å². The Morgan fingerprint density at radius 2 is 2.38 bits per heavy atom. The van der Waals surface area contributed by atoms with Crippen molar-refractivity contribution in [2.75, 3.05) is 0 Å². The maximum atomic E-state index is 10.3. The number of pyridine rings is 1. The Bertz CT molecular complexity index is 272. The van der Waals surface area contributed by atoms with Crippen molar-refractivity contribution in [2.45, 2.75) is 25.7 Å². The summed E-state index contributed by atoms with van der Waals surface area (Å²) < 4.78 is 0. The molecule has 0 amide bonds. The van der Waals surface area contributed by atoms with E-state index in [4.69, 9.17) is 5.11 Å². The van der Waals surface area contributed by atoms with Gasteiger partial charge in [-0.25, -0.2) is 0 Å². The van der Waals surface area contributed by atoms with E-state index in [-0.39, 0.29) is 12.3 Å². The van der Waals surface area contributed by atoms with Gasteiger partial charge in [0.25, 0.3) is 0 Å². The van der Waals surface area contributed by atoms with Gasteiger partial charge in [0, 0.05) is 18.3 Å². The Labute approximate surface area is 77.4 Å². The minimum atomic E-state index is -0.747. The molecule has 70 valence electrons. The summed E-state index contributed by atoms with van der Waals surface area (Å²) in [6, 6.07) is 5.69. The van der Waals surface area contributed by atoms with Gasteiger partial charge in [-0.3, -0.25) is 9.78 Å². The van der Waals surface area contributed by atoms with Crippen LogP contribution in [0.4, 0.5) is 0 Å². The molecule has 0 aliphatic carbocycles. The normalized spacial score (nSPS) is 12.4. The zero-order chi connectivity index (χ0) is 9.68. The van der Waals surface area contributed by atoms with Gasteiger partial charge in [-0.2, -0.15) is 0 Å². The highest BCUT2D eigenvalue weighted by atomic mass is 16.4. The third-order valence-electron chi connectivity index (χ3n) is 1.98. The van der Waals surface area contributed by atoms with Gasteiger partial charge in [-0.15, -0.1) is 0 Å². The monoisotopic (exact) mass is 179 g/mol. The Morgan fingerprint density at radius 1 is 1.62 bits per heavy atom. The largest absolute Gasteiger partial charge is 0.481 e. The lowest BCUT2D eigenvalue weighted by Gasteiger charge is -2.07. The summed E-state index contributed by atoms with van der Waals surface area (Å²) in [5.74, 6) is -0.528. The minimum absolute atomic E-state index is 0.206. The van der Waals surface area contributed by atoms with Crippen LogP contribution in [0.5, 0.6) is 0 Å². The van der Waals surface area contributed by atoms with Gasteiger partial charge in [0.2, 0.25) is 0 Å². The van der Waals surface area contributed by atoms with Gasteiger partial charge >= 0.3 is 5.97 Å². The molecule has 1 aromatic heterocycles. The summed E-state index contributed by atoms with van der Waals surface area (Å²) in [4.78, 5) is 14.5. The van der Waals surface area contributed by atoms with Gasteiger partial charge < -0.3 is 5.11 Å². The molecule has 1 heterocycles. The van der Waals surface area contributed by atoms with E-state index in [0.717, 1.165) is 5.69 Å². The van der Waals surface area contributed by atoms with Gasteiger partial charge in [0.1, 0.15) is 0 Å². The van der Waals surface area contributed by atoms with Crippen LogP contribution in [0, 0.1) is 0 Å². The molecule has 1 aromatic rings. The number of aliphatic carboxylic acids is 1. The fourth-order valence-electron chi connectivity index (χ4n) is 1.16. The molecule has 0 bridgehead atoms. The van der Waals surface area contributed by atoms with Gasteiger partial charge in [0.05, 0.1) is 0 Å². The van der Waals surface area contributed by atoms with E-state index in [0.29, 0.717) is 6.42 Å². The van der Waals surface area contributed by atoms with E-state index in [2.05, 4.69) is 4.98 Å². The summed E-state index contributed by atoms with van der Waals surface area (Å²) in [6.45, 7) is 1.99. The number of carboxylic acid groups (broad SMARTS) is 1. The van der Waals surface area contributed by atoms with E-state index in [1.165, 1.54) is 0 Å². The van der Waals surface area contributed by atoms with Crippen LogP contribution in [0.3, 0.4) is 0 Å². The summed E-state index contributed by atoms with van der Waals surface area (Å²) in [6.07, 6.45) is 2.58. The molecule has 0 saturated heterocycles. The minimum Gasteiger partial charge on any atom is -0.481 e. The van der Waals surface area contributed by atoms with Crippen LogP contribution >= 0.6 is 0 Å². The van der Waals surface area contributed by atoms with E-state index in [1.807, 2.05) is 25.1 Å². The Kier molecular flexibility index (Phi) is 3.43. The Hall–Kier alpha value is -1.38. The lowest BCUT2D eigenvalue weighted by atomic mass is 10.0. The van der Waals surface area contributed by atoms with Crippen LogP contribution in [0.1, 0.15) is 31.4 Å². The number of carbonyl (C=O) groups is 1. The molecule has 13 heavy (non-hydrogen) atoms. The van der Waals surface area contributed by atoms with Crippen molar-refractivity contribution in [1.82, 2.24) is 4.98 Å². The Balaban J connectivity index is 2.49. The highest BCUT2D eigenvalue weighted by molar-refractivity contribution is 5.66. The van der Waals surface area contributed by atoms with Crippen LogP contribution in [0.2, 0.25) is 0 Å². The van der Waals surface area contributed by atoms with Crippen molar-refractivity contribution < 1.29 is 9.90 Å². The van der Waals surface area contributed by atoms with Crippen LogP contribution in [0.15, 0.2) is 24.4 Å².